The molecular formula is C10H11F3N2O2S. The van der Waals surface area contributed by atoms with E-state index in [-0.39, 0.29) is 12.2 Å². The molecule has 0 saturated carbocycles. The molecule has 4 nitrogen and oxygen atoms in total. The molecule has 0 atom stereocenters. The van der Waals surface area contributed by atoms with Crippen molar-refractivity contribution in [3.63, 3.8) is 0 Å². The zero-order valence-corrected chi connectivity index (χ0v) is 10.1. The van der Waals surface area contributed by atoms with Gasteiger partial charge in [-0.1, -0.05) is 12.1 Å². The van der Waals surface area contributed by atoms with Crippen LogP contribution in [0.25, 0.3) is 0 Å². The minimum Gasteiger partial charge on any atom is -0.383 e. The number of hydrogen-bond donors (Lipinski definition) is 1. The predicted octanol–water partition coefficient (Wildman–Crippen LogP) is 2.16. The molecule has 8 heteroatoms. The molecule has 0 aromatic heterocycles. The number of sulfonamides is 1. The highest BCUT2D eigenvalue weighted by atomic mass is 32.2. The van der Waals surface area contributed by atoms with Gasteiger partial charge in [-0.2, -0.15) is 21.6 Å². The second kappa shape index (κ2) is 4.34. The lowest BCUT2D eigenvalue weighted by Crippen LogP contribution is -2.41. The Hall–Kier alpha value is -1.44. The first-order chi connectivity index (χ1) is 8.34. The third-order valence-electron chi connectivity index (χ3n) is 2.61. The highest BCUT2D eigenvalue weighted by Crippen LogP contribution is 2.35. The molecule has 0 aliphatic carbocycles. The number of benzene rings is 1. The van der Waals surface area contributed by atoms with E-state index in [1.807, 2.05) is 0 Å². The summed E-state index contributed by atoms with van der Waals surface area (Å²) >= 11 is 0. The Bertz CT molecular complexity index is 542. The number of anilines is 2. The summed E-state index contributed by atoms with van der Waals surface area (Å²) in [6, 6.07) is 6.05. The van der Waals surface area contributed by atoms with Gasteiger partial charge in [-0.15, -0.1) is 0 Å². The van der Waals surface area contributed by atoms with Crippen molar-refractivity contribution in [1.29, 1.82) is 0 Å². The van der Waals surface area contributed by atoms with Crippen molar-refractivity contribution in [1.82, 2.24) is 0 Å². The third-order valence-corrected chi connectivity index (χ3v) is 4.15. The van der Waals surface area contributed by atoms with Crippen LogP contribution in [0.4, 0.5) is 24.5 Å². The van der Waals surface area contributed by atoms with Crippen LogP contribution < -0.4 is 9.62 Å². The Labute approximate surface area is 102 Å². The molecule has 1 N–H and O–H groups in total. The number of halogens is 3. The minimum absolute atomic E-state index is 0.0346. The van der Waals surface area contributed by atoms with E-state index in [1.165, 1.54) is 12.1 Å². The van der Waals surface area contributed by atoms with Crippen LogP contribution >= 0.6 is 0 Å². The molecule has 18 heavy (non-hydrogen) atoms. The van der Waals surface area contributed by atoms with E-state index in [2.05, 4.69) is 5.32 Å². The van der Waals surface area contributed by atoms with Crippen LogP contribution in [0.15, 0.2) is 24.3 Å². The van der Waals surface area contributed by atoms with Gasteiger partial charge >= 0.3 is 15.5 Å². The maximum absolute atomic E-state index is 12.6. The minimum atomic E-state index is -5.34. The molecular weight excluding hydrogens is 269 g/mol. The average molecular weight is 280 g/mol. The molecule has 100 valence electrons. The second-order valence-electron chi connectivity index (χ2n) is 3.82. The van der Waals surface area contributed by atoms with E-state index >= 15 is 0 Å². The molecule has 1 aromatic carbocycles. The summed E-state index contributed by atoms with van der Waals surface area (Å²) in [6.07, 6.45) is 0.310. The molecule has 2 rings (SSSR count). The van der Waals surface area contributed by atoms with Gasteiger partial charge in [0.25, 0.3) is 0 Å². The first-order valence-corrected chi connectivity index (χ1v) is 6.70. The number of nitrogens with zero attached hydrogens (tertiary/aromatic N) is 1. The first-order valence-electron chi connectivity index (χ1n) is 5.26. The van der Waals surface area contributed by atoms with E-state index in [0.717, 1.165) is 0 Å². The quantitative estimate of drug-likeness (QED) is 0.857. The summed E-state index contributed by atoms with van der Waals surface area (Å²) in [5, 5.41) is 2.91. The number of hydrogen-bond acceptors (Lipinski definition) is 3. The highest BCUT2D eigenvalue weighted by Gasteiger charge is 2.50. The molecule has 0 spiro atoms. The lowest BCUT2D eigenvalue weighted by molar-refractivity contribution is -0.0438. The lowest BCUT2D eigenvalue weighted by atomic mass is 10.2. The summed E-state index contributed by atoms with van der Waals surface area (Å²) in [5.41, 5.74) is -4.86. The molecule has 1 aliphatic heterocycles. The van der Waals surface area contributed by atoms with Crippen LogP contribution in [0, 0.1) is 0 Å². The Morgan fingerprint density at radius 2 is 1.89 bits per heavy atom. The van der Waals surface area contributed by atoms with Gasteiger partial charge in [0.05, 0.1) is 11.4 Å². The fourth-order valence-electron chi connectivity index (χ4n) is 1.78. The molecule has 1 aliphatic rings. The molecule has 0 radical (unpaired) electrons. The van der Waals surface area contributed by atoms with Gasteiger partial charge in [0.1, 0.15) is 0 Å². The number of para-hydroxylation sites is 2. The SMILES string of the molecule is O=S(=O)(N1CCCNc2ccccc21)C(F)(F)F. The summed E-state index contributed by atoms with van der Waals surface area (Å²) in [5.74, 6) is 0. The smallest absolute Gasteiger partial charge is 0.383 e. The van der Waals surface area contributed by atoms with Gasteiger partial charge in [0.15, 0.2) is 0 Å². The fourth-order valence-corrected chi connectivity index (χ4v) is 2.82. The lowest BCUT2D eigenvalue weighted by Gasteiger charge is -2.24. The Kier molecular flexibility index (Phi) is 3.14. The Morgan fingerprint density at radius 3 is 2.56 bits per heavy atom. The van der Waals surface area contributed by atoms with E-state index in [4.69, 9.17) is 0 Å². The van der Waals surface area contributed by atoms with Crippen molar-refractivity contribution >= 4 is 21.4 Å². The molecule has 0 amide bonds. The van der Waals surface area contributed by atoms with Crippen molar-refractivity contribution in [2.75, 3.05) is 22.7 Å². The van der Waals surface area contributed by atoms with E-state index in [1.54, 1.807) is 12.1 Å². The predicted molar refractivity (Wildman–Crippen MR) is 61.9 cm³/mol. The standard InChI is InChI=1S/C10H11F3N2O2S/c11-10(12,13)18(16,17)15-7-3-6-14-8-4-1-2-5-9(8)15/h1-2,4-5,14H,3,6-7H2. The summed E-state index contributed by atoms with van der Waals surface area (Å²) in [7, 11) is -5.34. The van der Waals surface area contributed by atoms with Gasteiger partial charge in [-0.3, -0.25) is 4.31 Å². The molecule has 0 unspecified atom stereocenters. The number of alkyl halides is 3. The molecule has 1 aromatic rings. The van der Waals surface area contributed by atoms with Crippen LogP contribution in [0.2, 0.25) is 0 Å². The van der Waals surface area contributed by atoms with Crippen LogP contribution in [-0.4, -0.2) is 27.0 Å². The fraction of sp³-hybridized carbons (Fsp3) is 0.400. The summed E-state index contributed by atoms with van der Waals surface area (Å²) in [4.78, 5) is 0. The van der Waals surface area contributed by atoms with Gasteiger partial charge in [-0.05, 0) is 18.6 Å². The number of fused-ring (bicyclic) bond motifs is 1. The van der Waals surface area contributed by atoms with Crippen molar-refractivity contribution in [2.24, 2.45) is 0 Å². The molecule has 0 fully saturated rings. The van der Waals surface area contributed by atoms with Crippen LogP contribution in [0.1, 0.15) is 6.42 Å². The van der Waals surface area contributed by atoms with Gasteiger partial charge in [0, 0.05) is 13.1 Å². The normalized spacial score (nSPS) is 16.7. The maximum atomic E-state index is 12.6. The van der Waals surface area contributed by atoms with Crippen LogP contribution in [0.3, 0.4) is 0 Å². The Balaban J connectivity index is 2.53. The molecule has 1 heterocycles. The average Bonchev–Trinajstić information content (AvgIpc) is 2.49. The summed E-state index contributed by atoms with van der Waals surface area (Å²) < 4.78 is 61.2. The monoisotopic (exact) mass is 280 g/mol. The zero-order valence-electron chi connectivity index (χ0n) is 9.24. The van der Waals surface area contributed by atoms with Crippen molar-refractivity contribution < 1.29 is 21.6 Å². The van der Waals surface area contributed by atoms with Crippen molar-refractivity contribution in [3.05, 3.63) is 24.3 Å². The molecule has 0 bridgehead atoms. The maximum Gasteiger partial charge on any atom is 0.516 e. The zero-order chi connectivity index (χ0) is 13.4. The van der Waals surface area contributed by atoms with E-state index < -0.39 is 15.5 Å². The van der Waals surface area contributed by atoms with Crippen molar-refractivity contribution in [3.8, 4) is 0 Å². The van der Waals surface area contributed by atoms with Crippen LogP contribution in [-0.2, 0) is 10.0 Å². The first kappa shape index (κ1) is 13.0. The summed E-state index contributed by atoms with van der Waals surface area (Å²) in [6.45, 7) is 0.243. The Morgan fingerprint density at radius 1 is 1.22 bits per heavy atom. The van der Waals surface area contributed by atoms with Crippen molar-refractivity contribution in [2.45, 2.75) is 11.9 Å². The van der Waals surface area contributed by atoms with Gasteiger partial charge < -0.3 is 5.32 Å². The second-order valence-corrected chi connectivity index (χ2v) is 5.67. The molecule has 0 saturated heterocycles. The van der Waals surface area contributed by atoms with E-state index in [9.17, 15) is 21.6 Å². The van der Waals surface area contributed by atoms with Crippen LogP contribution in [0.5, 0.6) is 0 Å². The largest absolute Gasteiger partial charge is 0.516 e. The number of nitrogens with one attached hydrogen (secondary N) is 1. The van der Waals surface area contributed by atoms with Gasteiger partial charge in [0.2, 0.25) is 0 Å². The van der Waals surface area contributed by atoms with Gasteiger partial charge in [-0.25, -0.2) is 0 Å². The van der Waals surface area contributed by atoms with E-state index in [0.29, 0.717) is 23.0 Å². The topological polar surface area (TPSA) is 49.4 Å². The number of rotatable bonds is 1. The highest BCUT2D eigenvalue weighted by molar-refractivity contribution is 7.93. The third kappa shape index (κ3) is 2.12.